The van der Waals surface area contributed by atoms with Crippen LogP contribution in [0.25, 0.3) is 0 Å². The number of rotatable bonds is 22. The van der Waals surface area contributed by atoms with E-state index in [0.29, 0.717) is 6.42 Å². The predicted molar refractivity (Wildman–Crippen MR) is 132 cm³/mol. The van der Waals surface area contributed by atoms with E-state index in [1.807, 2.05) is 0 Å². The Morgan fingerprint density at radius 2 is 0.879 bits per heavy atom. The van der Waals surface area contributed by atoms with Gasteiger partial charge < -0.3 is 14.2 Å². The van der Waals surface area contributed by atoms with Crippen molar-refractivity contribution >= 4 is 17.9 Å². The Balaban J connectivity index is 4.40. The van der Waals surface area contributed by atoms with E-state index < -0.39 is 23.3 Å². The molecule has 6 heteroatoms. The highest BCUT2D eigenvalue weighted by Crippen LogP contribution is 2.34. The molecular formula is C27H50O6. The van der Waals surface area contributed by atoms with E-state index in [1.165, 1.54) is 64.2 Å². The molecule has 0 spiro atoms. The van der Waals surface area contributed by atoms with Crippen molar-refractivity contribution in [1.29, 1.82) is 0 Å². The maximum Gasteiger partial charge on any atom is 0.324 e. The summed E-state index contributed by atoms with van der Waals surface area (Å²) in [4.78, 5) is 37.7. The van der Waals surface area contributed by atoms with Gasteiger partial charge >= 0.3 is 17.9 Å². The molecule has 33 heavy (non-hydrogen) atoms. The second-order valence-electron chi connectivity index (χ2n) is 8.85. The largest absolute Gasteiger partial charge is 0.466 e. The van der Waals surface area contributed by atoms with Gasteiger partial charge in [-0.3, -0.25) is 14.4 Å². The molecule has 0 aliphatic rings. The predicted octanol–water partition coefficient (Wildman–Crippen LogP) is 6.92. The molecule has 0 aromatic heterocycles. The van der Waals surface area contributed by atoms with Gasteiger partial charge in [-0.25, -0.2) is 0 Å². The lowest BCUT2D eigenvalue weighted by Crippen LogP contribution is -2.44. The summed E-state index contributed by atoms with van der Waals surface area (Å²) in [6.45, 7) is 7.79. The van der Waals surface area contributed by atoms with Crippen molar-refractivity contribution in [1.82, 2.24) is 0 Å². The zero-order valence-corrected chi connectivity index (χ0v) is 21.9. The number of esters is 3. The first-order valence-corrected chi connectivity index (χ1v) is 13.5. The van der Waals surface area contributed by atoms with Crippen molar-refractivity contribution in [3.05, 3.63) is 0 Å². The minimum atomic E-state index is -1.62. The zero-order chi connectivity index (χ0) is 24.8. The zero-order valence-electron chi connectivity index (χ0n) is 21.9. The summed E-state index contributed by atoms with van der Waals surface area (Å²) in [5.41, 5.74) is -1.62. The summed E-state index contributed by atoms with van der Waals surface area (Å²) >= 11 is 0. The fraction of sp³-hybridized carbons (Fsp3) is 0.889. The Morgan fingerprint density at radius 3 is 1.24 bits per heavy atom. The molecule has 0 saturated carbocycles. The molecule has 0 N–H and O–H groups in total. The van der Waals surface area contributed by atoms with Gasteiger partial charge in [0.15, 0.2) is 5.41 Å². The second kappa shape index (κ2) is 21.0. The Kier molecular flexibility index (Phi) is 20.0. The number of hydrogen-bond acceptors (Lipinski definition) is 6. The van der Waals surface area contributed by atoms with E-state index in [4.69, 9.17) is 14.2 Å². The summed E-state index contributed by atoms with van der Waals surface area (Å²) in [5.74, 6) is -1.96. The van der Waals surface area contributed by atoms with Crippen LogP contribution in [0.15, 0.2) is 0 Å². The molecule has 0 amide bonds. The van der Waals surface area contributed by atoms with Crippen molar-refractivity contribution in [2.45, 2.75) is 130 Å². The van der Waals surface area contributed by atoms with Crippen molar-refractivity contribution in [2.75, 3.05) is 19.8 Å². The molecule has 0 aromatic rings. The maximum absolute atomic E-state index is 12.8. The van der Waals surface area contributed by atoms with E-state index in [2.05, 4.69) is 6.92 Å². The van der Waals surface area contributed by atoms with Crippen LogP contribution in [-0.4, -0.2) is 37.7 Å². The topological polar surface area (TPSA) is 78.9 Å². The quantitative estimate of drug-likeness (QED) is 0.0739. The molecule has 0 fully saturated rings. The minimum absolute atomic E-state index is 0.140. The van der Waals surface area contributed by atoms with Crippen LogP contribution < -0.4 is 0 Å². The van der Waals surface area contributed by atoms with Gasteiger partial charge in [0.05, 0.1) is 26.2 Å². The molecule has 194 valence electrons. The third kappa shape index (κ3) is 14.3. The summed E-state index contributed by atoms with van der Waals surface area (Å²) < 4.78 is 15.4. The van der Waals surface area contributed by atoms with Crippen LogP contribution in [0.5, 0.6) is 0 Å². The van der Waals surface area contributed by atoms with Crippen LogP contribution in [0.3, 0.4) is 0 Å². The first-order valence-electron chi connectivity index (χ1n) is 13.5. The molecule has 0 heterocycles. The first kappa shape index (κ1) is 31.4. The lowest BCUT2D eigenvalue weighted by Gasteiger charge is -2.28. The van der Waals surface area contributed by atoms with Gasteiger partial charge in [-0.05, 0) is 27.2 Å². The molecule has 6 nitrogen and oxygen atoms in total. The summed E-state index contributed by atoms with van der Waals surface area (Å²) in [7, 11) is 0. The van der Waals surface area contributed by atoms with Crippen molar-refractivity contribution in [2.24, 2.45) is 5.41 Å². The van der Waals surface area contributed by atoms with Crippen molar-refractivity contribution in [3.8, 4) is 0 Å². The fourth-order valence-corrected chi connectivity index (χ4v) is 4.14. The molecule has 0 bridgehead atoms. The molecule has 0 radical (unpaired) electrons. The molecular weight excluding hydrogens is 420 g/mol. The minimum Gasteiger partial charge on any atom is -0.466 e. The molecule has 0 unspecified atom stereocenters. The molecule has 0 saturated heterocycles. The van der Waals surface area contributed by atoms with Gasteiger partial charge in [-0.15, -0.1) is 0 Å². The van der Waals surface area contributed by atoms with E-state index in [0.717, 1.165) is 19.3 Å². The van der Waals surface area contributed by atoms with Crippen LogP contribution in [0.1, 0.15) is 130 Å². The molecule has 0 aliphatic heterocycles. The van der Waals surface area contributed by atoms with Gasteiger partial charge in [0.25, 0.3) is 0 Å². The number of carbonyl (C=O) groups is 3. The number of ether oxygens (including phenoxy) is 3. The Hall–Kier alpha value is -1.59. The standard InChI is InChI=1S/C27H50O6/c1-5-9-10-11-12-13-14-15-16-17-18-19-20-21-22-27(25(29)32-7-3,26(30)33-8-4)23-24(28)31-6-2/h5-23H2,1-4H3. The highest BCUT2D eigenvalue weighted by molar-refractivity contribution is 6.03. The van der Waals surface area contributed by atoms with Gasteiger partial charge in [-0.2, -0.15) is 0 Å². The second-order valence-corrected chi connectivity index (χ2v) is 8.85. The average molecular weight is 471 g/mol. The lowest BCUT2D eigenvalue weighted by atomic mass is 9.79. The number of hydrogen-bond donors (Lipinski definition) is 0. The highest BCUT2D eigenvalue weighted by Gasteiger charge is 2.50. The number of unbranched alkanes of at least 4 members (excludes halogenated alkanes) is 13. The van der Waals surface area contributed by atoms with E-state index in [-0.39, 0.29) is 32.7 Å². The fourth-order valence-electron chi connectivity index (χ4n) is 4.14. The lowest BCUT2D eigenvalue weighted by molar-refractivity contribution is -0.177. The van der Waals surface area contributed by atoms with Gasteiger partial charge in [-0.1, -0.05) is 96.8 Å². The van der Waals surface area contributed by atoms with Crippen molar-refractivity contribution in [3.63, 3.8) is 0 Å². The van der Waals surface area contributed by atoms with Crippen LogP contribution in [0.2, 0.25) is 0 Å². The van der Waals surface area contributed by atoms with Crippen LogP contribution in [0, 0.1) is 5.41 Å². The van der Waals surface area contributed by atoms with E-state index in [9.17, 15) is 14.4 Å². The van der Waals surface area contributed by atoms with Crippen molar-refractivity contribution < 1.29 is 28.6 Å². The smallest absolute Gasteiger partial charge is 0.324 e. The van der Waals surface area contributed by atoms with Gasteiger partial charge in [0, 0.05) is 0 Å². The van der Waals surface area contributed by atoms with E-state index in [1.54, 1.807) is 20.8 Å². The van der Waals surface area contributed by atoms with E-state index >= 15 is 0 Å². The maximum atomic E-state index is 12.8. The van der Waals surface area contributed by atoms with Gasteiger partial charge in [0.2, 0.25) is 0 Å². The molecule has 0 rings (SSSR count). The highest BCUT2D eigenvalue weighted by atomic mass is 16.6. The molecule has 0 aromatic carbocycles. The SMILES string of the molecule is CCCCCCCCCCCCCCCCC(CC(=O)OCC)(C(=O)OCC)C(=O)OCC. The Labute approximate surface area is 202 Å². The number of carbonyl (C=O) groups excluding carboxylic acids is 3. The summed E-state index contributed by atoms with van der Waals surface area (Å²) in [5, 5.41) is 0. The summed E-state index contributed by atoms with van der Waals surface area (Å²) in [6.07, 6.45) is 17.0. The third-order valence-corrected chi connectivity index (χ3v) is 6.04. The Morgan fingerprint density at radius 1 is 0.515 bits per heavy atom. The van der Waals surface area contributed by atoms with Crippen LogP contribution in [0.4, 0.5) is 0 Å². The third-order valence-electron chi connectivity index (χ3n) is 6.04. The first-order chi connectivity index (χ1) is 16.0. The van der Waals surface area contributed by atoms with Gasteiger partial charge in [0.1, 0.15) is 0 Å². The van der Waals surface area contributed by atoms with Crippen LogP contribution in [-0.2, 0) is 28.6 Å². The average Bonchev–Trinajstić information content (AvgIpc) is 2.78. The molecule has 0 aliphatic carbocycles. The molecule has 0 atom stereocenters. The summed E-state index contributed by atoms with van der Waals surface area (Å²) in [6, 6.07) is 0. The normalized spacial score (nSPS) is 11.3. The van der Waals surface area contributed by atoms with Crippen LogP contribution >= 0.6 is 0 Å². The monoisotopic (exact) mass is 470 g/mol. The Bertz CT molecular complexity index is 499.